The number of benzene rings is 1. The molecule has 2 N–H and O–H groups in total. The monoisotopic (exact) mass is 273 g/mol. The Morgan fingerprint density at radius 1 is 1.40 bits per heavy atom. The van der Waals surface area contributed by atoms with Crippen LogP contribution >= 0.6 is 0 Å². The standard InChI is InChI=1S/C14H15N3O3/c18-12-6-2-5-11(12)14(19)16-10-4-1-3-9(7-10)13-15-8-20-17-13/h1,3-4,7-8,11-12,18H,2,5-6H2,(H,16,19). The molecule has 6 nitrogen and oxygen atoms in total. The van der Waals surface area contributed by atoms with Gasteiger partial charge in [-0.15, -0.1) is 0 Å². The normalized spacial score (nSPS) is 21.9. The molecule has 1 aromatic heterocycles. The van der Waals surface area contributed by atoms with E-state index in [1.165, 1.54) is 6.39 Å². The molecule has 104 valence electrons. The van der Waals surface area contributed by atoms with Crippen LogP contribution in [-0.2, 0) is 4.79 Å². The molecule has 1 aliphatic rings. The summed E-state index contributed by atoms with van der Waals surface area (Å²) in [5, 5.41) is 16.3. The second-order valence-electron chi connectivity index (χ2n) is 4.93. The highest BCUT2D eigenvalue weighted by molar-refractivity contribution is 5.93. The summed E-state index contributed by atoms with van der Waals surface area (Å²) in [6, 6.07) is 7.23. The molecule has 0 aliphatic heterocycles. The lowest BCUT2D eigenvalue weighted by molar-refractivity contribution is -0.122. The Kier molecular flexibility index (Phi) is 3.47. The van der Waals surface area contributed by atoms with E-state index in [-0.39, 0.29) is 11.8 Å². The number of amides is 1. The van der Waals surface area contributed by atoms with Crippen LogP contribution < -0.4 is 5.32 Å². The molecule has 1 aromatic carbocycles. The number of hydrogen-bond donors (Lipinski definition) is 2. The van der Waals surface area contributed by atoms with E-state index >= 15 is 0 Å². The highest BCUT2D eigenvalue weighted by Crippen LogP contribution is 2.27. The van der Waals surface area contributed by atoms with Crippen molar-refractivity contribution in [2.45, 2.75) is 25.4 Å². The first kappa shape index (κ1) is 12.8. The number of carbonyl (C=O) groups excluding carboxylic acids is 1. The maximum atomic E-state index is 12.1. The van der Waals surface area contributed by atoms with Gasteiger partial charge in [-0.1, -0.05) is 17.3 Å². The largest absolute Gasteiger partial charge is 0.392 e. The molecule has 1 fully saturated rings. The van der Waals surface area contributed by atoms with Crippen molar-refractivity contribution in [1.29, 1.82) is 0 Å². The van der Waals surface area contributed by atoms with Crippen LogP contribution in [0.15, 0.2) is 35.2 Å². The number of aliphatic hydroxyl groups is 1. The van der Waals surface area contributed by atoms with Crippen LogP contribution in [0.25, 0.3) is 11.4 Å². The van der Waals surface area contributed by atoms with E-state index < -0.39 is 6.10 Å². The minimum atomic E-state index is -0.532. The molecule has 1 aliphatic carbocycles. The summed E-state index contributed by atoms with van der Waals surface area (Å²) in [5.74, 6) is 0.0195. The lowest BCUT2D eigenvalue weighted by atomic mass is 10.0. The van der Waals surface area contributed by atoms with Crippen molar-refractivity contribution in [2.75, 3.05) is 5.32 Å². The zero-order valence-corrected chi connectivity index (χ0v) is 10.8. The molecule has 1 saturated carbocycles. The van der Waals surface area contributed by atoms with Crippen molar-refractivity contribution in [1.82, 2.24) is 10.1 Å². The molecular formula is C14H15N3O3. The van der Waals surface area contributed by atoms with E-state index in [2.05, 4.69) is 15.5 Å². The van der Waals surface area contributed by atoms with Crippen LogP contribution in [0, 0.1) is 5.92 Å². The highest BCUT2D eigenvalue weighted by Gasteiger charge is 2.31. The summed E-state index contributed by atoms with van der Waals surface area (Å²) in [7, 11) is 0. The molecular weight excluding hydrogens is 258 g/mol. The number of aromatic nitrogens is 2. The minimum absolute atomic E-state index is 0.139. The Labute approximate surface area is 115 Å². The number of aliphatic hydroxyl groups excluding tert-OH is 1. The van der Waals surface area contributed by atoms with E-state index in [1.54, 1.807) is 12.1 Å². The Hall–Kier alpha value is -2.21. The lowest BCUT2D eigenvalue weighted by Crippen LogP contribution is -2.28. The third-order valence-electron chi connectivity index (χ3n) is 3.57. The van der Waals surface area contributed by atoms with Gasteiger partial charge in [0.05, 0.1) is 12.0 Å². The van der Waals surface area contributed by atoms with Crippen LogP contribution in [0.3, 0.4) is 0 Å². The summed E-state index contributed by atoms with van der Waals surface area (Å²) < 4.78 is 4.70. The van der Waals surface area contributed by atoms with Crippen molar-refractivity contribution >= 4 is 11.6 Å². The average Bonchev–Trinajstić information content (AvgIpc) is 3.09. The fourth-order valence-corrected chi connectivity index (χ4v) is 2.52. The predicted molar refractivity (Wildman–Crippen MR) is 71.7 cm³/mol. The smallest absolute Gasteiger partial charge is 0.230 e. The predicted octanol–water partition coefficient (Wildman–Crippen LogP) is 1.84. The lowest BCUT2D eigenvalue weighted by Gasteiger charge is -2.14. The molecule has 2 atom stereocenters. The van der Waals surface area contributed by atoms with Gasteiger partial charge < -0.3 is 14.9 Å². The second-order valence-corrected chi connectivity index (χ2v) is 4.93. The first-order valence-corrected chi connectivity index (χ1v) is 6.60. The third-order valence-corrected chi connectivity index (χ3v) is 3.57. The molecule has 0 saturated heterocycles. The average molecular weight is 273 g/mol. The van der Waals surface area contributed by atoms with Gasteiger partial charge in [-0.25, -0.2) is 0 Å². The summed E-state index contributed by atoms with van der Waals surface area (Å²) >= 11 is 0. The van der Waals surface area contributed by atoms with Gasteiger partial charge in [0.25, 0.3) is 0 Å². The van der Waals surface area contributed by atoms with E-state index in [1.807, 2.05) is 12.1 Å². The summed E-state index contributed by atoms with van der Waals surface area (Å²) in [5.41, 5.74) is 1.43. The van der Waals surface area contributed by atoms with Crippen molar-refractivity contribution in [2.24, 2.45) is 5.92 Å². The van der Waals surface area contributed by atoms with E-state index in [0.29, 0.717) is 17.9 Å². The SMILES string of the molecule is O=C(Nc1cccc(-c2ncon2)c1)C1CCCC1O. The molecule has 3 rings (SSSR count). The fraction of sp³-hybridized carbons (Fsp3) is 0.357. The number of nitrogens with zero attached hydrogens (tertiary/aromatic N) is 2. The third kappa shape index (κ3) is 2.55. The molecule has 0 bridgehead atoms. The Bertz CT molecular complexity index is 597. The Balaban J connectivity index is 1.74. The van der Waals surface area contributed by atoms with Gasteiger partial charge in [0.15, 0.2) is 0 Å². The maximum absolute atomic E-state index is 12.1. The fourth-order valence-electron chi connectivity index (χ4n) is 2.52. The molecule has 2 unspecified atom stereocenters. The van der Waals surface area contributed by atoms with Crippen LogP contribution in [0.5, 0.6) is 0 Å². The molecule has 0 radical (unpaired) electrons. The van der Waals surface area contributed by atoms with Crippen molar-refractivity contribution in [3.8, 4) is 11.4 Å². The molecule has 1 heterocycles. The van der Waals surface area contributed by atoms with E-state index in [9.17, 15) is 9.90 Å². The molecule has 20 heavy (non-hydrogen) atoms. The zero-order chi connectivity index (χ0) is 13.9. The molecule has 2 aromatic rings. The van der Waals surface area contributed by atoms with Crippen LogP contribution in [0.4, 0.5) is 5.69 Å². The van der Waals surface area contributed by atoms with Gasteiger partial charge in [0, 0.05) is 11.3 Å². The number of carbonyl (C=O) groups is 1. The molecule has 6 heteroatoms. The number of rotatable bonds is 3. The van der Waals surface area contributed by atoms with Crippen LogP contribution in [-0.4, -0.2) is 27.3 Å². The quantitative estimate of drug-likeness (QED) is 0.890. The van der Waals surface area contributed by atoms with Crippen molar-refractivity contribution in [3.05, 3.63) is 30.7 Å². The van der Waals surface area contributed by atoms with Gasteiger partial charge in [-0.3, -0.25) is 4.79 Å². The highest BCUT2D eigenvalue weighted by atomic mass is 16.5. The number of nitrogens with one attached hydrogen (secondary N) is 1. The van der Waals surface area contributed by atoms with Crippen LogP contribution in [0.1, 0.15) is 19.3 Å². The first-order valence-electron chi connectivity index (χ1n) is 6.60. The minimum Gasteiger partial charge on any atom is -0.392 e. The van der Waals surface area contributed by atoms with E-state index in [0.717, 1.165) is 18.4 Å². The van der Waals surface area contributed by atoms with Gasteiger partial charge in [0.2, 0.25) is 18.1 Å². The topological polar surface area (TPSA) is 88.3 Å². The van der Waals surface area contributed by atoms with Gasteiger partial charge in [-0.2, -0.15) is 4.98 Å². The Morgan fingerprint density at radius 3 is 3.00 bits per heavy atom. The van der Waals surface area contributed by atoms with Crippen molar-refractivity contribution < 1.29 is 14.4 Å². The van der Waals surface area contributed by atoms with Crippen molar-refractivity contribution in [3.63, 3.8) is 0 Å². The Morgan fingerprint density at radius 2 is 2.30 bits per heavy atom. The zero-order valence-electron chi connectivity index (χ0n) is 10.8. The second kappa shape index (κ2) is 5.42. The molecule has 0 spiro atoms. The molecule has 1 amide bonds. The van der Waals surface area contributed by atoms with Gasteiger partial charge in [-0.05, 0) is 31.4 Å². The summed E-state index contributed by atoms with van der Waals surface area (Å²) in [6.45, 7) is 0. The van der Waals surface area contributed by atoms with Gasteiger partial charge in [0.1, 0.15) is 0 Å². The van der Waals surface area contributed by atoms with E-state index in [4.69, 9.17) is 4.52 Å². The van der Waals surface area contributed by atoms with Crippen LogP contribution in [0.2, 0.25) is 0 Å². The first-order chi connectivity index (χ1) is 9.74. The number of anilines is 1. The maximum Gasteiger partial charge on any atom is 0.230 e. The number of hydrogen-bond acceptors (Lipinski definition) is 5. The van der Waals surface area contributed by atoms with Gasteiger partial charge >= 0.3 is 0 Å². The summed E-state index contributed by atoms with van der Waals surface area (Å²) in [6.07, 6.45) is 3.05. The summed E-state index contributed by atoms with van der Waals surface area (Å²) in [4.78, 5) is 16.1.